The van der Waals surface area contributed by atoms with E-state index < -0.39 is 44.3 Å². The molecule has 0 atom stereocenters. The molecule has 2 aromatic carbocycles. The Morgan fingerprint density at radius 1 is 0.769 bits per heavy atom. The summed E-state index contributed by atoms with van der Waals surface area (Å²) in [7, 11) is 0. The standard InChI is InChI=1S/C14H8N2O8S2/c17-13(9-5-7(25)1-3-11(9)15(19)20)23-24-14(18)10-6-8(26)2-4-12(10)16(21)22/h1-6,25-26H. The maximum Gasteiger partial charge on any atom is 0.393 e. The van der Waals surface area contributed by atoms with E-state index in [2.05, 4.69) is 35.0 Å². The van der Waals surface area contributed by atoms with Gasteiger partial charge in [-0.3, -0.25) is 20.2 Å². The topological polar surface area (TPSA) is 139 Å². The number of nitro benzene ring substituents is 2. The Kier molecular flexibility index (Phi) is 5.79. The highest BCUT2D eigenvalue weighted by atomic mass is 32.1. The molecule has 0 heterocycles. The Hall–Kier alpha value is -3.12. The Morgan fingerprint density at radius 2 is 1.12 bits per heavy atom. The molecule has 0 aliphatic rings. The van der Waals surface area contributed by atoms with Gasteiger partial charge in [0.15, 0.2) is 0 Å². The lowest BCUT2D eigenvalue weighted by molar-refractivity contribution is -0.385. The lowest BCUT2D eigenvalue weighted by Gasteiger charge is -2.05. The van der Waals surface area contributed by atoms with E-state index in [0.717, 1.165) is 24.3 Å². The van der Waals surface area contributed by atoms with Crippen LogP contribution in [0.5, 0.6) is 0 Å². The molecule has 2 rings (SSSR count). The monoisotopic (exact) mass is 396 g/mol. The first kappa shape index (κ1) is 19.2. The van der Waals surface area contributed by atoms with Crippen LogP contribution in [-0.4, -0.2) is 21.8 Å². The summed E-state index contributed by atoms with van der Waals surface area (Å²) in [5, 5.41) is 21.9. The van der Waals surface area contributed by atoms with Gasteiger partial charge in [-0.1, -0.05) is 0 Å². The minimum Gasteiger partial charge on any atom is -0.258 e. The number of hydrogen-bond donors (Lipinski definition) is 2. The van der Waals surface area contributed by atoms with Crippen molar-refractivity contribution in [1.82, 2.24) is 0 Å². The van der Waals surface area contributed by atoms with E-state index in [1.54, 1.807) is 0 Å². The fourth-order valence-corrected chi connectivity index (χ4v) is 2.27. The smallest absolute Gasteiger partial charge is 0.258 e. The third-order valence-electron chi connectivity index (χ3n) is 2.99. The molecule has 2 aromatic rings. The molecule has 0 aliphatic heterocycles. The summed E-state index contributed by atoms with van der Waals surface area (Å²) in [5.74, 6) is -2.68. The van der Waals surface area contributed by atoms with Crippen LogP contribution >= 0.6 is 25.3 Å². The third kappa shape index (κ3) is 4.29. The minimum atomic E-state index is -1.34. The quantitative estimate of drug-likeness (QED) is 0.348. The fourth-order valence-electron chi connectivity index (χ4n) is 1.86. The number of nitro groups is 2. The van der Waals surface area contributed by atoms with Crippen LogP contribution in [0.1, 0.15) is 20.7 Å². The predicted molar refractivity (Wildman–Crippen MR) is 91.5 cm³/mol. The molecule has 0 aromatic heterocycles. The average molecular weight is 396 g/mol. The van der Waals surface area contributed by atoms with Gasteiger partial charge in [-0.15, -0.1) is 25.3 Å². The molecule has 0 fully saturated rings. The van der Waals surface area contributed by atoms with Gasteiger partial charge >= 0.3 is 11.9 Å². The second-order valence-corrected chi connectivity index (χ2v) is 5.69. The largest absolute Gasteiger partial charge is 0.393 e. The first-order valence-corrected chi connectivity index (χ1v) is 7.48. The lowest BCUT2D eigenvalue weighted by atomic mass is 10.2. The van der Waals surface area contributed by atoms with Gasteiger partial charge in [0, 0.05) is 21.9 Å². The van der Waals surface area contributed by atoms with Crippen LogP contribution in [0.3, 0.4) is 0 Å². The zero-order valence-electron chi connectivity index (χ0n) is 12.5. The van der Waals surface area contributed by atoms with E-state index in [4.69, 9.17) is 0 Å². The van der Waals surface area contributed by atoms with Gasteiger partial charge in [0.2, 0.25) is 0 Å². The molecule has 134 valence electrons. The molecule has 0 radical (unpaired) electrons. The van der Waals surface area contributed by atoms with Crippen molar-refractivity contribution in [2.45, 2.75) is 9.79 Å². The van der Waals surface area contributed by atoms with Crippen LogP contribution in [-0.2, 0) is 9.78 Å². The highest BCUT2D eigenvalue weighted by Crippen LogP contribution is 2.25. The second kappa shape index (κ2) is 7.84. The Morgan fingerprint density at radius 3 is 1.42 bits per heavy atom. The number of benzene rings is 2. The first-order valence-electron chi connectivity index (χ1n) is 6.58. The summed E-state index contributed by atoms with van der Waals surface area (Å²) in [6.07, 6.45) is 0. The number of hydrogen-bond acceptors (Lipinski definition) is 10. The predicted octanol–water partition coefficient (Wildman–Crippen LogP) is 3.01. The van der Waals surface area contributed by atoms with Crippen LogP contribution in [0.15, 0.2) is 46.2 Å². The molecule has 0 aliphatic carbocycles. The van der Waals surface area contributed by atoms with Crippen molar-refractivity contribution in [2.24, 2.45) is 0 Å². The van der Waals surface area contributed by atoms with Crippen LogP contribution in [0.2, 0.25) is 0 Å². The molecular weight excluding hydrogens is 388 g/mol. The van der Waals surface area contributed by atoms with Crippen LogP contribution in [0.25, 0.3) is 0 Å². The average Bonchev–Trinajstić information content (AvgIpc) is 2.58. The van der Waals surface area contributed by atoms with Crippen molar-refractivity contribution in [3.8, 4) is 0 Å². The minimum absolute atomic E-state index is 0.229. The normalized spacial score (nSPS) is 10.1. The summed E-state index contributed by atoms with van der Waals surface area (Å²) >= 11 is 7.91. The number of carbonyl (C=O) groups is 2. The summed E-state index contributed by atoms with van der Waals surface area (Å²) in [5.41, 5.74) is -2.19. The van der Waals surface area contributed by atoms with E-state index in [1.807, 2.05) is 0 Å². The molecular formula is C14H8N2O8S2. The van der Waals surface area contributed by atoms with E-state index in [0.29, 0.717) is 0 Å². The summed E-state index contributed by atoms with van der Waals surface area (Å²) in [6.45, 7) is 0. The van der Waals surface area contributed by atoms with Crippen LogP contribution in [0.4, 0.5) is 11.4 Å². The highest BCUT2D eigenvalue weighted by Gasteiger charge is 2.27. The van der Waals surface area contributed by atoms with Crippen molar-refractivity contribution in [3.05, 3.63) is 67.8 Å². The molecule has 0 N–H and O–H groups in total. The number of nitrogens with zero attached hydrogens (tertiary/aromatic N) is 2. The number of thiol groups is 2. The number of carbonyl (C=O) groups excluding carboxylic acids is 2. The van der Waals surface area contributed by atoms with Gasteiger partial charge in [0.1, 0.15) is 11.1 Å². The van der Waals surface area contributed by atoms with Crippen molar-refractivity contribution in [1.29, 1.82) is 0 Å². The summed E-state index contributed by atoms with van der Waals surface area (Å²) in [6, 6.07) is 6.71. The Bertz CT molecular complexity index is 856. The third-order valence-corrected chi connectivity index (χ3v) is 3.54. The van der Waals surface area contributed by atoms with Crippen molar-refractivity contribution in [2.75, 3.05) is 0 Å². The van der Waals surface area contributed by atoms with Crippen molar-refractivity contribution < 1.29 is 29.2 Å². The van der Waals surface area contributed by atoms with Gasteiger partial charge in [-0.2, -0.15) is 0 Å². The van der Waals surface area contributed by atoms with Gasteiger partial charge in [-0.25, -0.2) is 19.4 Å². The van der Waals surface area contributed by atoms with Crippen molar-refractivity contribution >= 4 is 48.6 Å². The molecule has 0 unspecified atom stereocenters. The van der Waals surface area contributed by atoms with Gasteiger partial charge in [0.25, 0.3) is 11.4 Å². The molecule has 10 nitrogen and oxygen atoms in total. The molecule has 0 saturated carbocycles. The Labute approximate surface area is 155 Å². The summed E-state index contributed by atoms with van der Waals surface area (Å²) < 4.78 is 0. The van der Waals surface area contributed by atoms with Gasteiger partial charge < -0.3 is 0 Å². The highest BCUT2D eigenvalue weighted by molar-refractivity contribution is 7.80. The fraction of sp³-hybridized carbons (Fsp3) is 0. The van der Waals surface area contributed by atoms with Gasteiger partial charge in [0.05, 0.1) is 9.85 Å². The SMILES string of the molecule is O=C(OOC(=O)c1cc(S)ccc1[N+](=O)[O-])c1cc(S)ccc1[N+](=O)[O-]. The maximum atomic E-state index is 12.0. The van der Waals surface area contributed by atoms with E-state index in [9.17, 15) is 29.8 Å². The Balaban J connectivity index is 2.22. The van der Waals surface area contributed by atoms with E-state index in [1.165, 1.54) is 12.1 Å². The van der Waals surface area contributed by atoms with E-state index >= 15 is 0 Å². The van der Waals surface area contributed by atoms with Crippen LogP contribution in [0, 0.1) is 20.2 Å². The first-order chi connectivity index (χ1) is 12.2. The molecule has 26 heavy (non-hydrogen) atoms. The number of rotatable bonds is 4. The maximum absolute atomic E-state index is 12.0. The molecule has 12 heteroatoms. The van der Waals surface area contributed by atoms with Gasteiger partial charge in [-0.05, 0) is 24.3 Å². The molecule has 0 bridgehead atoms. The lowest BCUT2D eigenvalue weighted by Crippen LogP contribution is -2.14. The zero-order valence-corrected chi connectivity index (χ0v) is 14.3. The molecule has 0 saturated heterocycles. The van der Waals surface area contributed by atoms with E-state index in [-0.39, 0.29) is 9.79 Å². The summed E-state index contributed by atoms with van der Waals surface area (Å²) in [4.78, 5) is 53.2. The zero-order chi connectivity index (χ0) is 19.4. The molecule has 0 spiro atoms. The molecule has 0 amide bonds. The van der Waals surface area contributed by atoms with Crippen molar-refractivity contribution in [3.63, 3.8) is 0 Å². The van der Waals surface area contributed by atoms with Crippen LogP contribution < -0.4 is 0 Å². The second-order valence-electron chi connectivity index (χ2n) is 4.66.